The average molecular weight is 293 g/mol. The molecule has 4 nitrogen and oxygen atoms in total. The van der Waals surface area contributed by atoms with Crippen LogP contribution in [0.4, 0.5) is 4.39 Å². The van der Waals surface area contributed by atoms with Gasteiger partial charge in [-0.25, -0.2) is 4.39 Å². The van der Waals surface area contributed by atoms with Crippen LogP contribution in [0, 0.1) is 5.82 Å². The first-order valence-electron chi connectivity index (χ1n) is 7.47. The van der Waals surface area contributed by atoms with Crippen molar-refractivity contribution >= 4 is 5.91 Å². The molecule has 0 radical (unpaired) electrons. The molecule has 1 aromatic carbocycles. The Bertz CT molecular complexity index is 505. The van der Waals surface area contributed by atoms with Crippen molar-refractivity contribution in [2.45, 2.75) is 56.9 Å². The van der Waals surface area contributed by atoms with Gasteiger partial charge >= 0.3 is 0 Å². The molecular formula is C16H20FNO3. The Morgan fingerprint density at radius 2 is 1.86 bits per heavy atom. The summed E-state index contributed by atoms with van der Waals surface area (Å²) in [6.45, 7) is 1.72. The molecule has 2 bridgehead atoms. The molecule has 1 amide bonds. The quantitative estimate of drug-likeness (QED) is 0.928. The summed E-state index contributed by atoms with van der Waals surface area (Å²) in [5.41, 5.74) is 0. The minimum atomic E-state index is -0.603. The van der Waals surface area contributed by atoms with Crippen molar-refractivity contribution in [3.8, 4) is 5.75 Å². The summed E-state index contributed by atoms with van der Waals surface area (Å²) in [6.07, 6.45) is 2.33. The van der Waals surface area contributed by atoms with Gasteiger partial charge in [0, 0.05) is 12.1 Å². The van der Waals surface area contributed by atoms with Crippen molar-refractivity contribution in [3.63, 3.8) is 0 Å². The SMILES string of the molecule is CC(Oc1ccc(F)cc1)C(=O)N1C2CCC1CC(O)C2. The predicted octanol–water partition coefficient (Wildman–Crippen LogP) is 2.11. The van der Waals surface area contributed by atoms with E-state index in [0.717, 1.165) is 12.8 Å². The molecule has 2 heterocycles. The van der Waals surface area contributed by atoms with Crippen LogP contribution in [-0.4, -0.2) is 40.2 Å². The highest BCUT2D eigenvalue weighted by Gasteiger charge is 2.44. The number of benzene rings is 1. The third-order valence-corrected chi connectivity index (χ3v) is 4.44. The zero-order chi connectivity index (χ0) is 15.0. The van der Waals surface area contributed by atoms with E-state index in [9.17, 15) is 14.3 Å². The van der Waals surface area contributed by atoms with E-state index >= 15 is 0 Å². The van der Waals surface area contributed by atoms with E-state index in [0.29, 0.717) is 18.6 Å². The van der Waals surface area contributed by atoms with E-state index in [2.05, 4.69) is 0 Å². The highest BCUT2D eigenvalue weighted by Crippen LogP contribution is 2.36. The van der Waals surface area contributed by atoms with E-state index in [1.807, 2.05) is 4.90 Å². The number of aliphatic hydroxyl groups is 1. The van der Waals surface area contributed by atoms with Crippen LogP contribution >= 0.6 is 0 Å². The Hall–Kier alpha value is -1.62. The maximum Gasteiger partial charge on any atom is 0.263 e. The van der Waals surface area contributed by atoms with Gasteiger partial charge in [-0.1, -0.05) is 0 Å². The molecule has 3 unspecified atom stereocenters. The molecule has 2 aliphatic rings. The number of hydrogen-bond donors (Lipinski definition) is 1. The smallest absolute Gasteiger partial charge is 0.263 e. The normalized spacial score (nSPS) is 29.3. The molecular weight excluding hydrogens is 273 g/mol. The Morgan fingerprint density at radius 3 is 2.43 bits per heavy atom. The maximum absolute atomic E-state index is 12.9. The molecule has 5 heteroatoms. The fourth-order valence-corrected chi connectivity index (χ4v) is 3.49. The molecule has 3 rings (SSSR count). The topological polar surface area (TPSA) is 49.8 Å². The molecule has 0 saturated carbocycles. The molecule has 2 aliphatic heterocycles. The lowest BCUT2D eigenvalue weighted by Gasteiger charge is -2.38. The molecule has 1 N–H and O–H groups in total. The highest BCUT2D eigenvalue weighted by molar-refractivity contribution is 5.82. The van der Waals surface area contributed by atoms with Crippen molar-refractivity contribution in [2.75, 3.05) is 0 Å². The van der Waals surface area contributed by atoms with Gasteiger partial charge in [-0.15, -0.1) is 0 Å². The zero-order valence-corrected chi connectivity index (χ0v) is 12.0. The lowest BCUT2D eigenvalue weighted by atomic mass is 9.99. The first-order chi connectivity index (χ1) is 10.0. The first kappa shape index (κ1) is 14.3. The average Bonchev–Trinajstić information content (AvgIpc) is 2.72. The number of hydrogen-bond acceptors (Lipinski definition) is 3. The molecule has 2 saturated heterocycles. The van der Waals surface area contributed by atoms with Gasteiger partial charge in [-0.05, 0) is 56.9 Å². The van der Waals surface area contributed by atoms with Crippen LogP contribution < -0.4 is 4.74 Å². The van der Waals surface area contributed by atoms with Gasteiger partial charge in [-0.2, -0.15) is 0 Å². The number of amides is 1. The Labute approximate surface area is 123 Å². The van der Waals surface area contributed by atoms with Crippen molar-refractivity contribution in [2.24, 2.45) is 0 Å². The van der Waals surface area contributed by atoms with Crippen LogP contribution in [0.1, 0.15) is 32.6 Å². The number of rotatable bonds is 3. The van der Waals surface area contributed by atoms with Crippen LogP contribution in [0.3, 0.4) is 0 Å². The van der Waals surface area contributed by atoms with Gasteiger partial charge in [0.15, 0.2) is 6.10 Å². The lowest BCUT2D eigenvalue weighted by molar-refractivity contribution is -0.144. The number of aliphatic hydroxyl groups excluding tert-OH is 1. The molecule has 2 fully saturated rings. The fraction of sp³-hybridized carbons (Fsp3) is 0.562. The second kappa shape index (κ2) is 5.64. The maximum atomic E-state index is 12.9. The van der Waals surface area contributed by atoms with Crippen LogP contribution in [0.2, 0.25) is 0 Å². The summed E-state index contributed by atoms with van der Waals surface area (Å²) in [4.78, 5) is 14.5. The summed E-state index contributed by atoms with van der Waals surface area (Å²) >= 11 is 0. The van der Waals surface area contributed by atoms with Gasteiger partial charge in [0.05, 0.1) is 6.10 Å². The summed E-state index contributed by atoms with van der Waals surface area (Å²) < 4.78 is 18.5. The van der Waals surface area contributed by atoms with Gasteiger partial charge < -0.3 is 14.7 Å². The number of carbonyl (C=O) groups excluding carboxylic acids is 1. The standard InChI is InChI=1S/C16H20FNO3/c1-10(21-15-6-2-11(17)3-7-15)16(20)18-12-4-5-13(18)9-14(19)8-12/h2-3,6-7,10,12-14,19H,4-5,8-9H2,1H3. The van der Waals surface area contributed by atoms with E-state index in [-0.39, 0.29) is 29.9 Å². The minimum Gasteiger partial charge on any atom is -0.481 e. The van der Waals surface area contributed by atoms with Crippen LogP contribution in [0.5, 0.6) is 5.75 Å². The Kier molecular flexibility index (Phi) is 3.85. The third-order valence-electron chi connectivity index (χ3n) is 4.44. The summed E-state index contributed by atoms with van der Waals surface area (Å²) in [7, 11) is 0. The van der Waals surface area contributed by atoms with E-state index in [1.54, 1.807) is 6.92 Å². The molecule has 21 heavy (non-hydrogen) atoms. The third kappa shape index (κ3) is 2.88. The van der Waals surface area contributed by atoms with Gasteiger partial charge in [0.1, 0.15) is 11.6 Å². The second-order valence-electron chi connectivity index (χ2n) is 5.97. The van der Waals surface area contributed by atoms with Gasteiger partial charge in [0.2, 0.25) is 0 Å². The largest absolute Gasteiger partial charge is 0.481 e. The molecule has 0 aliphatic carbocycles. The molecule has 3 atom stereocenters. The minimum absolute atomic E-state index is 0.0428. The number of halogens is 1. The van der Waals surface area contributed by atoms with Crippen LogP contribution in [0.15, 0.2) is 24.3 Å². The second-order valence-corrected chi connectivity index (χ2v) is 5.97. The summed E-state index contributed by atoms with van der Waals surface area (Å²) in [5, 5.41) is 9.78. The Morgan fingerprint density at radius 1 is 1.29 bits per heavy atom. The van der Waals surface area contributed by atoms with Crippen LogP contribution in [0.25, 0.3) is 0 Å². The first-order valence-corrected chi connectivity index (χ1v) is 7.47. The molecule has 0 aromatic heterocycles. The zero-order valence-electron chi connectivity index (χ0n) is 12.0. The van der Waals surface area contributed by atoms with E-state index in [1.165, 1.54) is 24.3 Å². The Balaban J connectivity index is 1.66. The molecule has 114 valence electrons. The monoisotopic (exact) mass is 293 g/mol. The molecule has 1 aromatic rings. The number of ether oxygens (including phenoxy) is 1. The van der Waals surface area contributed by atoms with Gasteiger partial charge in [0.25, 0.3) is 5.91 Å². The predicted molar refractivity (Wildman–Crippen MR) is 75.4 cm³/mol. The van der Waals surface area contributed by atoms with Crippen LogP contribution in [-0.2, 0) is 4.79 Å². The number of nitrogens with zero attached hydrogens (tertiary/aromatic N) is 1. The fourth-order valence-electron chi connectivity index (χ4n) is 3.49. The highest BCUT2D eigenvalue weighted by atomic mass is 19.1. The number of piperidine rings is 1. The van der Waals surface area contributed by atoms with E-state index in [4.69, 9.17) is 4.74 Å². The molecule has 0 spiro atoms. The summed E-state index contributed by atoms with van der Waals surface area (Å²) in [5.74, 6) is 0.116. The van der Waals surface area contributed by atoms with Gasteiger partial charge in [-0.3, -0.25) is 4.79 Å². The van der Waals surface area contributed by atoms with Crippen molar-refractivity contribution in [1.82, 2.24) is 4.90 Å². The van der Waals surface area contributed by atoms with Crippen molar-refractivity contribution < 1.29 is 19.0 Å². The number of carbonyl (C=O) groups is 1. The van der Waals surface area contributed by atoms with Crippen molar-refractivity contribution in [3.05, 3.63) is 30.1 Å². The lowest BCUT2D eigenvalue weighted by Crippen LogP contribution is -2.52. The number of fused-ring (bicyclic) bond motifs is 2. The summed E-state index contributed by atoms with van der Waals surface area (Å²) in [6, 6.07) is 5.93. The van der Waals surface area contributed by atoms with Crippen molar-refractivity contribution in [1.29, 1.82) is 0 Å². The van der Waals surface area contributed by atoms with E-state index < -0.39 is 6.10 Å².